The highest BCUT2D eigenvalue weighted by atomic mass is 32.2. The monoisotopic (exact) mass is 410 g/mol. The number of hydrogen-bond donors (Lipinski definition) is 2. The number of amides is 1. The van der Waals surface area contributed by atoms with Crippen molar-refractivity contribution in [1.29, 1.82) is 0 Å². The lowest BCUT2D eigenvalue weighted by Crippen LogP contribution is -2.24. The number of aromatic nitrogens is 2. The summed E-state index contributed by atoms with van der Waals surface area (Å²) in [4.78, 5) is 12.0. The lowest BCUT2D eigenvalue weighted by Gasteiger charge is -2.10. The van der Waals surface area contributed by atoms with E-state index in [1.54, 1.807) is 19.1 Å². The summed E-state index contributed by atoms with van der Waals surface area (Å²) < 4.78 is 30.2. The summed E-state index contributed by atoms with van der Waals surface area (Å²) >= 11 is 0. The molecule has 1 aliphatic rings. The SMILES string of the molecule is Cc1nn(-c2ccccc2)c(C)c1CNS(=O)(=O)c1ccc2c(c1)[C@@H](C)C(=O)N2. The Labute approximate surface area is 169 Å². The number of carbonyl (C=O) groups is 1. The molecule has 0 saturated heterocycles. The minimum atomic E-state index is -3.74. The molecule has 2 N–H and O–H groups in total. The van der Waals surface area contributed by atoms with Crippen molar-refractivity contribution < 1.29 is 13.2 Å². The van der Waals surface area contributed by atoms with E-state index in [1.165, 1.54) is 6.07 Å². The third kappa shape index (κ3) is 3.45. The van der Waals surface area contributed by atoms with Crippen LogP contribution >= 0.6 is 0 Å². The molecule has 3 aromatic rings. The zero-order valence-electron chi connectivity index (χ0n) is 16.4. The van der Waals surface area contributed by atoms with E-state index in [-0.39, 0.29) is 23.3 Å². The van der Waals surface area contributed by atoms with Gasteiger partial charge < -0.3 is 5.32 Å². The van der Waals surface area contributed by atoms with E-state index in [2.05, 4.69) is 15.1 Å². The largest absolute Gasteiger partial charge is 0.325 e. The molecule has 4 rings (SSSR count). The molecular weight excluding hydrogens is 388 g/mol. The molecule has 150 valence electrons. The van der Waals surface area contributed by atoms with Crippen LogP contribution in [-0.4, -0.2) is 24.1 Å². The standard InChI is InChI=1S/C21H22N4O3S/c1-13-18-11-17(9-10-20(18)23-21(13)26)29(27,28)22-12-19-14(2)24-25(15(19)3)16-7-5-4-6-8-16/h4-11,13,22H,12H2,1-3H3,(H,23,26)/t13-/m1/s1. The van der Waals surface area contributed by atoms with Gasteiger partial charge in [-0.25, -0.2) is 17.8 Å². The highest BCUT2D eigenvalue weighted by Crippen LogP contribution is 2.33. The van der Waals surface area contributed by atoms with Crippen LogP contribution in [-0.2, 0) is 21.4 Å². The number of hydrogen-bond acceptors (Lipinski definition) is 4. The minimum absolute atomic E-state index is 0.123. The molecule has 0 fully saturated rings. The van der Waals surface area contributed by atoms with Crippen molar-refractivity contribution in [2.45, 2.75) is 38.1 Å². The van der Waals surface area contributed by atoms with Gasteiger partial charge in [0.25, 0.3) is 0 Å². The van der Waals surface area contributed by atoms with Crippen molar-refractivity contribution in [3.05, 3.63) is 71.0 Å². The molecule has 2 heterocycles. The second-order valence-electron chi connectivity index (χ2n) is 7.18. The van der Waals surface area contributed by atoms with Crippen LogP contribution in [0.2, 0.25) is 0 Å². The number of nitrogens with zero attached hydrogens (tertiary/aromatic N) is 2. The predicted molar refractivity (Wildman–Crippen MR) is 111 cm³/mol. The van der Waals surface area contributed by atoms with Crippen molar-refractivity contribution in [3.8, 4) is 5.69 Å². The Morgan fingerprint density at radius 2 is 1.86 bits per heavy atom. The van der Waals surface area contributed by atoms with Gasteiger partial charge in [-0.3, -0.25) is 4.79 Å². The fraction of sp³-hybridized carbons (Fsp3) is 0.238. The molecule has 0 radical (unpaired) electrons. The molecule has 0 unspecified atom stereocenters. The molecule has 7 nitrogen and oxygen atoms in total. The maximum atomic E-state index is 12.8. The average Bonchev–Trinajstić information content (AvgIpc) is 3.16. The summed E-state index contributed by atoms with van der Waals surface area (Å²) in [6.07, 6.45) is 0. The fourth-order valence-corrected chi connectivity index (χ4v) is 4.59. The fourth-order valence-electron chi connectivity index (χ4n) is 3.56. The summed E-state index contributed by atoms with van der Waals surface area (Å²) in [6.45, 7) is 5.68. The van der Waals surface area contributed by atoms with Crippen LogP contribution in [0.3, 0.4) is 0 Å². The second kappa shape index (κ2) is 7.13. The number of sulfonamides is 1. The third-order valence-corrected chi connectivity index (χ3v) is 6.73. The molecule has 0 saturated carbocycles. The van der Waals surface area contributed by atoms with Gasteiger partial charge in [-0.05, 0) is 56.7 Å². The predicted octanol–water partition coefficient (Wildman–Crippen LogP) is 3.02. The molecule has 0 bridgehead atoms. The van der Waals surface area contributed by atoms with Crippen LogP contribution in [0.15, 0.2) is 53.4 Å². The van der Waals surface area contributed by atoms with Crippen molar-refractivity contribution >= 4 is 21.6 Å². The molecule has 1 aromatic heterocycles. The normalized spacial score (nSPS) is 16.0. The van der Waals surface area contributed by atoms with E-state index in [9.17, 15) is 13.2 Å². The number of rotatable bonds is 5. The summed E-state index contributed by atoms with van der Waals surface area (Å²) in [5.41, 5.74) is 4.77. The van der Waals surface area contributed by atoms with E-state index in [0.717, 1.165) is 22.6 Å². The van der Waals surface area contributed by atoms with Gasteiger partial charge in [-0.15, -0.1) is 0 Å². The molecule has 2 aromatic carbocycles. The zero-order valence-corrected chi connectivity index (χ0v) is 17.2. The van der Waals surface area contributed by atoms with Crippen molar-refractivity contribution in [3.63, 3.8) is 0 Å². The van der Waals surface area contributed by atoms with Crippen molar-refractivity contribution in [1.82, 2.24) is 14.5 Å². The van der Waals surface area contributed by atoms with Gasteiger partial charge in [0.2, 0.25) is 15.9 Å². The summed E-state index contributed by atoms with van der Waals surface area (Å²) in [6, 6.07) is 14.4. The highest BCUT2D eigenvalue weighted by Gasteiger charge is 2.28. The van der Waals surface area contributed by atoms with Gasteiger partial charge in [0.1, 0.15) is 0 Å². The minimum Gasteiger partial charge on any atom is -0.325 e. The number of para-hydroxylation sites is 1. The number of aryl methyl sites for hydroxylation is 1. The van der Waals surface area contributed by atoms with E-state index < -0.39 is 10.0 Å². The van der Waals surface area contributed by atoms with Crippen LogP contribution in [0.4, 0.5) is 5.69 Å². The lowest BCUT2D eigenvalue weighted by molar-refractivity contribution is -0.116. The Morgan fingerprint density at radius 3 is 2.59 bits per heavy atom. The third-order valence-electron chi connectivity index (χ3n) is 5.33. The summed E-state index contributed by atoms with van der Waals surface area (Å²) in [5.74, 6) is -0.490. The number of anilines is 1. The van der Waals surface area contributed by atoms with Gasteiger partial charge in [0.15, 0.2) is 0 Å². The lowest BCUT2D eigenvalue weighted by atomic mass is 10.0. The van der Waals surface area contributed by atoms with Crippen LogP contribution < -0.4 is 10.0 Å². The Hall–Kier alpha value is -2.97. The average molecular weight is 410 g/mol. The number of carbonyl (C=O) groups excluding carboxylic acids is 1. The van der Waals surface area contributed by atoms with Crippen LogP contribution in [0.1, 0.15) is 35.4 Å². The number of benzene rings is 2. The Bertz CT molecular complexity index is 1200. The zero-order chi connectivity index (χ0) is 20.8. The van der Waals surface area contributed by atoms with Crippen molar-refractivity contribution in [2.75, 3.05) is 5.32 Å². The van der Waals surface area contributed by atoms with Gasteiger partial charge in [0, 0.05) is 23.5 Å². The van der Waals surface area contributed by atoms with Crippen LogP contribution in [0.25, 0.3) is 5.69 Å². The first-order valence-electron chi connectivity index (χ1n) is 9.33. The maximum Gasteiger partial charge on any atom is 0.240 e. The van der Waals surface area contributed by atoms with Crippen LogP contribution in [0.5, 0.6) is 0 Å². The second-order valence-corrected chi connectivity index (χ2v) is 8.95. The van der Waals surface area contributed by atoms with E-state index in [1.807, 2.05) is 48.9 Å². The molecule has 8 heteroatoms. The quantitative estimate of drug-likeness (QED) is 0.676. The summed E-state index contributed by atoms with van der Waals surface area (Å²) in [5, 5.41) is 7.31. The van der Waals surface area contributed by atoms with Crippen LogP contribution in [0, 0.1) is 13.8 Å². The van der Waals surface area contributed by atoms with E-state index >= 15 is 0 Å². The Morgan fingerprint density at radius 1 is 1.14 bits per heavy atom. The van der Waals surface area contributed by atoms with Gasteiger partial charge >= 0.3 is 0 Å². The first kappa shape index (κ1) is 19.4. The maximum absolute atomic E-state index is 12.8. The van der Waals surface area contributed by atoms with E-state index in [0.29, 0.717) is 11.3 Å². The molecule has 1 atom stereocenters. The Kier molecular flexibility index (Phi) is 4.76. The Balaban J connectivity index is 1.58. The van der Waals surface area contributed by atoms with Crippen molar-refractivity contribution in [2.24, 2.45) is 0 Å². The molecule has 29 heavy (non-hydrogen) atoms. The summed E-state index contributed by atoms with van der Waals surface area (Å²) in [7, 11) is -3.74. The first-order valence-corrected chi connectivity index (χ1v) is 10.8. The molecule has 0 aliphatic carbocycles. The van der Waals surface area contributed by atoms with Gasteiger partial charge in [-0.2, -0.15) is 5.10 Å². The molecule has 1 aliphatic heterocycles. The molecule has 1 amide bonds. The van der Waals surface area contributed by atoms with Gasteiger partial charge in [-0.1, -0.05) is 18.2 Å². The topological polar surface area (TPSA) is 93.1 Å². The molecule has 0 spiro atoms. The number of fused-ring (bicyclic) bond motifs is 1. The molecular formula is C21H22N4O3S. The first-order chi connectivity index (χ1) is 13.8. The van der Waals surface area contributed by atoms with E-state index in [4.69, 9.17) is 0 Å². The highest BCUT2D eigenvalue weighted by molar-refractivity contribution is 7.89. The smallest absolute Gasteiger partial charge is 0.240 e. The van der Waals surface area contributed by atoms with Gasteiger partial charge in [0.05, 0.1) is 22.2 Å². The number of nitrogens with one attached hydrogen (secondary N) is 2.